The van der Waals surface area contributed by atoms with Gasteiger partial charge in [-0.25, -0.2) is 0 Å². The lowest BCUT2D eigenvalue weighted by Gasteiger charge is -2.23. The first kappa shape index (κ1) is 20.5. The Balaban J connectivity index is 1.61. The van der Waals surface area contributed by atoms with E-state index in [0.717, 1.165) is 11.1 Å². The molecule has 7 nitrogen and oxygen atoms in total. The van der Waals surface area contributed by atoms with Gasteiger partial charge in [-0.2, -0.15) is 0 Å². The molecule has 2 aromatic carbocycles. The minimum atomic E-state index is -0.554. The zero-order valence-electron chi connectivity index (χ0n) is 17.2. The summed E-state index contributed by atoms with van der Waals surface area (Å²) in [7, 11) is 4.69. The molecule has 0 aromatic heterocycles. The molecule has 1 aliphatic rings. The summed E-state index contributed by atoms with van der Waals surface area (Å²) in [5.41, 5.74) is 2.51. The fraction of sp³-hybridized carbons (Fsp3) is 0.364. The molecule has 0 spiro atoms. The first-order valence-corrected chi connectivity index (χ1v) is 9.46. The lowest BCUT2D eigenvalue weighted by atomic mass is 10.1. The number of benzene rings is 2. The molecule has 0 saturated carbocycles. The van der Waals surface area contributed by atoms with Crippen LogP contribution in [0.15, 0.2) is 36.4 Å². The van der Waals surface area contributed by atoms with Crippen LogP contribution in [0.5, 0.6) is 17.2 Å². The number of carbonyl (C=O) groups excluding carboxylic acids is 2. The van der Waals surface area contributed by atoms with Crippen LogP contribution in [0.1, 0.15) is 28.4 Å². The summed E-state index contributed by atoms with van der Waals surface area (Å²) >= 11 is 0. The van der Waals surface area contributed by atoms with Crippen molar-refractivity contribution in [2.75, 3.05) is 27.9 Å². The second-order valence-corrected chi connectivity index (χ2v) is 6.80. The number of amides is 2. The molecule has 0 radical (unpaired) electrons. The average molecular weight is 398 g/mol. The van der Waals surface area contributed by atoms with Crippen LogP contribution in [0.4, 0.5) is 0 Å². The van der Waals surface area contributed by atoms with Crippen molar-refractivity contribution in [1.29, 1.82) is 0 Å². The largest absolute Gasteiger partial charge is 0.493 e. The maximum absolute atomic E-state index is 12.6. The van der Waals surface area contributed by atoms with Crippen LogP contribution < -0.4 is 19.5 Å². The zero-order valence-corrected chi connectivity index (χ0v) is 17.2. The Bertz CT molecular complexity index is 912. The number of hydrogen-bond donors (Lipinski definition) is 1. The molecule has 0 unspecified atom stereocenters. The highest BCUT2D eigenvalue weighted by Gasteiger charge is 2.33. The molecule has 0 saturated heterocycles. The topological polar surface area (TPSA) is 77.1 Å². The molecule has 2 amide bonds. The van der Waals surface area contributed by atoms with Gasteiger partial charge in [-0.05, 0) is 31.0 Å². The predicted octanol–water partition coefficient (Wildman–Crippen LogP) is 2.42. The number of carbonyl (C=O) groups is 2. The van der Waals surface area contributed by atoms with Crippen molar-refractivity contribution in [2.24, 2.45) is 0 Å². The van der Waals surface area contributed by atoms with E-state index in [2.05, 4.69) is 5.32 Å². The van der Waals surface area contributed by atoms with E-state index in [4.69, 9.17) is 14.2 Å². The summed E-state index contributed by atoms with van der Waals surface area (Å²) in [6.07, 6.45) is 0.552. The smallest absolute Gasteiger partial charge is 0.255 e. The van der Waals surface area contributed by atoms with Gasteiger partial charge in [0, 0.05) is 24.2 Å². The number of nitrogens with one attached hydrogen (secondary N) is 1. The highest BCUT2D eigenvalue weighted by atomic mass is 16.5. The number of hydrogen-bond acceptors (Lipinski definition) is 5. The van der Waals surface area contributed by atoms with Crippen LogP contribution in [0.2, 0.25) is 0 Å². The molecule has 0 fully saturated rings. The van der Waals surface area contributed by atoms with Gasteiger partial charge in [0.05, 0.1) is 21.3 Å². The lowest BCUT2D eigenvalue weighted by molar-refractivity contribution is -0.125. The van der Waals surface area contributed by atoms with E-state index < -0.39 is 6.04 Å². The van der Waals surface area contributed by atoms with Crippen molar-refractivity contribution in [1.82, 2.24) is 10.2 Å². The fourth-order valence-electron chi connectivity index (χ4n) is 3.56. The Labute approximate surface area is 170 Å². The Morgan fingerprint density at radius 1 is 1.07 bits per heavy atom. The summed E-state index contributed by atoms with van der Waals surface area (Å²) < 4.78 is 16.2. The van der Waals surface area contributed by atoms with Crippen molar-refractivity contribution >= 4 is 11.8 Å². The summed E-state index contributed by atoms with van der Waals surface area (Å²) in [5, 5.41) is 2.91. The summed E-state index contributed by atoms with van der Waals surface area (Å²) in [4.78, 5) is 26.8. The van der Waals surface area contributed by atoms with Gasteiger partial charge in [-0.1, -0.05) is 24.3 Å². The lowest BCUT2D eigenvalue weighted by Crippen LogP contribution is -2.45. The molecule has 0 bridgehead atoms. The third-order valence-electron chi connectivity index (χ3n) is 5.18. The van der Waals surface area contributed by atoms with Gasteiger partial charge in [0.25, 0.3) is 5.91 Å². The Hall–Kier alpha value is -3.22. The Morgan fingerprint density at radius 2 is 1.79 bits per heavy atom. The van der Waals surface area contributed by atoms with E-state index in [-0.39, 0.29) is 11.8 Å². The molecule has 1 aliphatic heterocycles. The van der Waals surface area contributed by atoms with Crippen molar-refractivity contribution in [3.05, 3.63) is 53.1 Å². The average Bonchev–Trinajstić information content (AvgIpc) is 3.09. The SMILES string of the molecule is COc1ccc(CCNC(=O)[C@@H](C)N2Cc3ccccc3C2=O)c(OC)c1OC. The molecule has 0 aliphatic carbocycles. The minimum Gasteiger partial charge on any atom is -0.493 e. The molecule has 3 rings (SSSR count). The van der Waals surface area contributed by atoms with E-state index in [0.29, 0.717) is 42.3 Å². The van der Waals surface area contributed by atoms with Crippen molar-refractivity contribution in [3.8, 4) is 17.2 Å². The highest BCUT2D eigenvalue weighted by Crippen LogP contribution is 2.39. The highest BCUT2D eigenvalue weighted by molar-refractivity contribution is 6.01. The molecule has 7 heteroatoms. The Morgan fingerprint density at radius 3 is 2.45 bits per heavy atom. The third kappa shape index (κ3) is 3.99. The number of ether oxygens (including phenoxy) is 3. The predicted molar refractivity (Wildman–Crippen MR) is 109 cm³/mol. The third-order valence-corrected chi connectivity index (χ3v) is 5.18. The quantitative estimate of drug-likeness (QED) is 0.739. The molecular formula is C22H26N2O5. The van der Waals surface area contributed by atoms with Crippen LogP contribution in [-0.2, 0) is 17.8 Å². The molecule has 154 valence electrons. The van der Waals surface area contributed by atoms with Crippen LogP contribution in [0.25, 0.3) is 0 Å². The van der Waals surface area contributed by atoms with E-state index in [1.807, 2.05) is 24.3 Å². The molecule has 1 N–H and O–H groups in total. The molecule has 1 heterocycles. The number of fused-ring (bicyclic) bond motifs is 1. The Kier molecular flexibility index (Phi) is 6.26. The monoisotopic (exact) mass is 398 g/mol. The van der Waals surface area contributed by atoms with Gasteiger partial charge in [0.2, 0.25) is 11.7 Å². The van der Waals surface area contributed by atoms with E-state index >= 15 is 0 Å². The molecule has 1 atom stereocenters. The second kappa shape index (κ2) is 8.86. The fourth-order valence-corrected chi connectivity index (χ4v) is 3.56. The number of methoxy groups -OCH3 is 3. The maximum Gasteiger partial charge on any atom is 0.255 e. The molecular weight excluding hydrogens is 372 g/mol. The van der Waals surface area contributed by atoms with Crippen molar-refractivity contribution in [2.45, 2.75) is 25.9 Å². The standard InChI is InChI=1S/C22H26N2O5/c1-14(24-13-16-7-5-6-8-17(16)22(24)26)21(25)23-12-11-15-9-10-18(27-2)20(29-4)19(15)28-3/h5-10,14H,11-13H2,1-4H3,(H,23,25)/t14-/m1/s1. The van der Waals surface area contributed by atoms with Gasteiger partial charge in [-0.3, -0.25) is 9.59 Å². The van der Waals surface area contributed by atoms with Crippen molar-refractivity contribution in [3.63, 3.8) is 0 Å². The van der Waals surface area contributed by atoms with Crippen LogP contribution in [0, 0.1) is 0 Å². The van der Waals surface area contributed by atoms with E-state index in [9.17, 15) is 9.59 Å². The van der Waals surface area contributed by atoms with Gasteiger partial charge < -0.3 is 24.4 Å². The molecule has 29 heavy (non-hydrogen) atoms. The summed E-state index contributed by atoms with van der Waals surface area (Å²) in [5.74, 6) is 1.39. The number of nitrogens with zero attached hydrogens (tertiary/aromatic N) is 1. The van der Waals surface area contributed by atoms with Gasteiger partial charge >= 0.3 is 0 Å². The van der Waals surface area contributed by atoms with Crippen LogP contribution in [0.3, 0.4) is 0 Å². The zero-order chi connectivity index (χ0) is 21.0. The van der Waals surface area contributed by atoms with Gasteiger partial charge in [0.15, 0.2) is 11.5 Å². The maximum atomic E-state index is 12.6. The first-order valence-electron chi connectivity index (χ1n) is 9.46. The minimum absolute atomic E-state index is 0.107. The van der Waals surface area contributed by atoms with Crippen LogP contribution >= 0.6 is 0 Å². The summed E-state index contributed by atoms with van der Waals surface area (Å²) in [6.45, 7) is 2.60. The number of rotatable bonds is 8. The van der Waals surface area contributed by atoms with E-state index in [1.54, 1.807) is 45.3 Å². The second-order valence-electron chi connectivity index (χ2n) is 6.80. The first-order chi connectivity index (χ1) is 14.0. The van der Waals surface area contributed by atoms with Gasteiger partial charge in [-0.15, -0.1) is 0 Å². The van der Waals surface area contributed by atoms with Crippen LogP contribution in [-0.4, -0.2) is 50.6 Å². The van der Waals surface area contributed by atoms with Crippen molar-refractivity contribution < 1.29 is 23.8 Å². The van der Waals surface area contributed by atoms with E-state index in [1.165, 1.54) is 0 Å². The molecule has 2 aromatic rings. The van der Waals surface area contributed by atoms with Gasteiger partial charge in [0.1, 0.15) is 6.04 Å². The normalized spacial score (nSPS) is 13.7. The summed E-state index contributed by atoms with van der Waals surface area (Å²) in [6, 6.07) is 10.6.